The number of phenols is 1. The summed E-state index contributed by atoms with van der Waals surface area (Å²) < 4.78 is 5.17. The lowest BCUT2D eigenvalue weighted by atomic mass is 10.0. The van der Waals surface area contributed by atoms with E-state index in [1.807, 2.05) is 12.1 Å². The maximum absolute atomic E-state index is 9.63. The van der Waals surface area contributed by atoms with Gasteiger partial charge in [0.25, 0.3) is 0 Å². The largest absolute Gasteiger partial charge is 0.504 e. The van der Waals surface area contributed by atoms with Crippen molar-refractivity contribution in [3.05, 3.63) is 35.9 Å². The van der Waals surface area contributed by atoms with E-state index in [1.54, 1.807) is 13.2 Å². The van der Waals surface area contributed by atoms with Crippen molar-refractivity contribution in [2.45, 2.75) is 103 Å². The fraction of sp³-hybridized carbons (Fsp3) is 0.692. The van der Waals surface area contributed by atoms with Crippen LogP contribution in [0, 0.1) is 0 Å². The Morgan fingerprint density at radius 2 is 1.28 bits per heavy atom. The highest BCUT2D eigenvalue weighted by Gasteiger charge is 2.02. The van der Waals surface area contributed by atoms with E-state index in [4.69, 9.17) is 10.5 Å². The maximum Gasteiger partial charge on any atom is 0.160 e. The highest BCUT2D eigenvalue weighted by molar-refractivity contribution is 5.41. The molecule has 0 spiro atoms. The molecule has 0 aliphatic carbocycles. The van der Waals surface area contributed by atoms with E-state index in [2.05, 4.69) is 12.2 Å². The summed E-state index contributed by atoms with van der Waals surface area (Å²) in [6, 6.07) is 5.68. The van der Waals surface area contributed by atoms with E-state index in [1.165, 1.54) is 102 Å². The SMILES string of the molecule is COc1cc(CCCCCCCCC/C=C\CCCCCCCCN)ccc1O. The van der Waals surface area contributed by atoms with E-state index >= 15 is 0 Å². The first-order valence-electron chi connectivity index (χ1n) is 12.0. The van der Waals surface area contributed by atoms with Crippen LogP contribution in [0.2, 0.25) is 0 Å². The summed E-state index contributed by atoms with van der Waals surface area (Å²) in [5.41, 5.74) is 6.76. The number of methoxy groups -OCH3 is 1. The number of allylic oxidation sites excluding steroid dienone is 2. The lowest BCUT2D eigenvalue weighted by molar-refractivity contribution is 0.373. The Labute approximate surface area is 179 Å². The molecule has 0 aliphatic heterocycles. The van der Waals surface area contributed by atoms with Crippen LogP contribution in [0.25, 0.3) is 0 Å². The Morgan fingerprint density at radius 1 is 0.759 bits per heavy atom. The van der Waals surface area contributed by atoms with Crippen LogP contribution in [0.4, 0.5) is 0 Å². The summed E-state index contributed by atoms with van der Waals surface area (Å²) in [6.45, 7) is 0.847. The highest BCUT2D eigenvalue weighted by Crippen LogP contribution is 2.27. The fourth-order valence-corrected chi connectivity index (χ4v) is 3.70. The van der Waals surface area contributed by atoms with Crippen LogP contribution in [0.5, 0.6) is 11.5 Å². The number of ether oxygens (including phenoxy) is 1. The van der Waals surface area contributed by atoms with E-state index in [0.717, 1.165) is 13.0 Å². The lowest BCUT2D eigenvalue weighted by Gasteiger charge is -2.06. The Kier molecular flexibility index (Phi) is 16.3. The molecule has 0 aromatic heterocycles. The molecule has 1 rings (SSSR count). The molecule has 0 bridgehead atoms. The minimum Gasteiger partial charge on any atom is -0.504 e. The highest BCUT2D eigenvalue weighted by atomic mass is 16.5. The van der Waals surface area contributed by atoms with Crippen molar-refractivity contribution in [3.8, 4) is 11.5 Å². The van der Waals surface area contributed by atoms with Crippen LogP contribution in [0.1, 0.15) is 102 Å². The molecule has 3 nitrogen and oxygen atoms in total. The normalized spacial score (nSPS) is 11.4. The van der Waals surface area contributed by atoms with Crippen molar-refractivity contribution in [2.24, 2.45) is 5.73 Å². The second kappa shape index (κ2) is 18.5. The van der Waals surface area contributed by atoms with Gasteiger partial charge < -0.3 is 15.6 Å². The minimum atomic E-state index is 0.222. The maximum atomic E-state index is 9.63. The minimum absolute atomic E-state index is 0.222. The van der Waals surface area contributed by atoms with Gasteiger partial charge in [0.1, 0.15) is 0 Å². The summed E-state index contributed by atoms with van der Waals surface area (Å²) in [4.78, 5) is 0. The molecule has 3 heteroatoms. The van der Waals surface area contributed by atoms with Gasteiger partial charge >= 0.3 is 0 Å². The Bertz CT molecular complexity index is 527. The van der Waals surface area contributed by atoms with Gasteiger partial charge in [0.15, 0.2) is 11.5 Å². The quantitative estimate of drug-likeness (QED) is 0.188. The molecule has 0 unspecified atom stereocenters. The van der Waals surface area contributed by atoms with Crippen LogP contribution < -0.4 is 10.5 Å². The first-order chi connectivity index (χ1) is 14.3. The third-order valence-corrected chi connectivity index (χ3v) is 5.57. The molecule has 0 aliphatic rings. The average molecular weight is 404 g/mol. The third kappa shape index (κ3) is 14.2. The van der Waals surface area contributed by atoms with Gasteiger partial charge in [0, 0.05) is 0 Å². The average Bonchev–Trinajstić information content (AvgIpc) is 2.74. The van der Waals surface area contributed by atoms with Crippen molar-refractivity contribution in [2.75, 3.05) is 13.7 Å². The van der Waals surface area contributed by atoms with Gasteiger partial charge in [-0.25, -0.2) is 0 Å². The van der Waals surface area contributed by atoms with Gasteiger partial charge in [-0.05, 0) is 69.2 Å². The molecule has 29 heavy (non-hydrogen) atoms. The van der Waals surface area contributed by atoms with Crippen LogP contribution in [0.15, 0.2) is 30.4 Å². The van der Waals surface area contributed by atoms with Gasteiger partial charge in [-0.1, -0.05) is 76.0 Å². The Morgan fingerprint density at radius 3 is 1.83 bits per heavy atom. The first kappa shape index (κ1) is 25.6. The fourth-order valence-electron chi connectivity index (χ4n) is 3.70. The van der Waals surface area contributed by atoms with E-state index in [-0.39, 0.29) is 5.75 Å². The predicted molar refractivity (Wildman–Crippen MR) is 126 cm³/mol. The van der Waals surface area contributed by atoms with E-state index in [9.17, 15) is 5.11 Å². The van der Waals surface area contributed by atoms with Gasteiger partial charge in [-0.2, -0.15) is 0 Å². The molecular formula is C26H45NO2. The number of aryl methyl sites for hydroxylation is 1. The number of nitrogens with two attached hydrogens (primary N) is 1. The van der Waals surface area contributed by atoms with Crippen LogP contribution in [-0.4, -0.2) is 18.8 Å². The topological polar surface area (TPSA) is 55.5 Å². The molecule has 0 amide bonds. The van der Waals surface area contributed by atoms with Crippen molar-refractivity contribution >= 4 is 0 Å². The number of unbranched alkanes of at least 4 members (excludes halogenated alkanes) is 13. The summed E-state index contributed by atoms with van der Waals surface area (Å²) >= 11 is 0. The van der Waals surface area contributed by atoms with Gasteiger partial charge in [-0.3, -0.25) is 0 Å². The van der Waals surface area contributed by atoms with Gasteiger partial charge in [-0.15, -0.1) is 0 Å². The summed E-state index contributed by atoms with van der Waals surface area (Å²) in [5, 5.41) is 9.63. The smallest absolute Gasteiger partial charge is 0.160 e. The molecule has 166 valence electrons. The van der Waals surface area contributed by atoms with Crippen LogP contribution in [-0.2, 0) is 6.42 Å². The number of hydrogen-bond acceptors (Lipinski definition) is 3. The zero-order valence-electron chi connectivity index (χ0n) is 18.8. The van der Waals surface area contributed by atoms with Crippen LogP contribution in [0.3, 0.4) is 0 Å². The molecule has 3 N–H and O–H groups in total. The van der Waals surface area contributed by atoms with Crippen molar-refractivity contribution < 1.29 is 9.84 Å². The molecule has 0 fully saturated rings. The molecule has 0 radical (unpaired) electrons. The summed E-state index contributed by atoms with van der Waals surface area (Å²) in [7, 11) is 1.60. The second-order valence-corrected chi connectivity index (χ2v) is 8.19. The molecule has 0 atom stereocenters. The van der Waals surface area contributed by atoms with Gasteiger partial charge in [0.2, 0.25) is 0 Å². The van der Waals surface area contributed by atoms with Gasteiger partial charge in [0.05, 0.1) is 7.11 Å². The number of phenolic OH excluding ortho intramolecular Hbond substituents is 1. The Balaban J connectivity index is 1.84. The van der Waals surface area contributed by atoms with E-state index in [0.29, 0.717) is 5.75 Å². The van der Waals surface area contributed by atoms with E-state index < -0.39 is 0 Å². The predicted octanol–water partition coefficient (Wildman–Crippen LogP) is 7.31. The van der Waals surface area contributed by atoms with Crippen molar-refractivity contribution in [3.63, 3.8) is 0 Å². The first-order valence-corrected chi connectivity index (χ1v) is 12.0. The molecule has 1 aromatic rings. The van der Waals surface area contributed by atoms with Crippen molar-refractivity contribution in [1.29, 1.82) is 0 Å². The van der Waals surface area contributed by atoms with Crippen LogP contribution >= 0.6 is 0 Å². The number of rotatable bonds is 19. The summed E-state index contributed by atoms with van der Waals surface area (Å²) in [6.07, 6.45) is 25.5. The monoisotopic (exact) mass is 403 g/mol. The zero-order valence-corrected chi connectivity index (χ0v) is 18.8. The molecular weight excluding hydrogens is 358 g/mol. The second-order valence-electron chi connectivity index (χ2n) is 8.19. The standard InChI is InChI=1S/C26H45NO2/c1-29-26-23-24(20-21-25(26)28)19-17-15-13-11-9-7-5-3-2-4-6-8-10-12-14-16-18-22-27/h2,4,20-21,23,28H,3,5-19,22,27H2,1H3/b4-2-. The number of hydrogen-bond donors (Lipinski definition) is 2. The lowest BCUT2D eigenvalue weighted by Crippen LogP contribution is -1.97. The zero-order chi connectivity index (χ0) is 21.0. The Hall–Kier alpha value is -1.48. The summed E-state index contributed by atoms with van der Waals surface area (Å²) in [5.74, 6) is 0.801. The molecule has 1 aromatic carbocycles. The molecule has 0 heterocycles. The number of aromatic hydroxyl groups is 1. The molecule has 0 saturated heterocycles. The van der Waals surface area contributed by atoms with Crippen molar-refractivity contribution in [1.82, 2.24) is 0 Å². The number of benzene rings is 1. The third-order valence-electron chi connectivity index (χ3n) is 5.57. The molecule has 0 saturated carbocycles.